The zero-order chi connectivity index (χ0) is 17.6. The van der Waals surface area contributed by atoms with Crippen LogP contribution in [-0.4, -0.2) is 38.9 Å². The molecule has 0 aliphatic rings. The second-order valence-corrected chi connectivity index (χ2v) is 8.16. The van der Waals surface area contributed by atoms with Crippen molar-refractivity contribution in [2.75, 3.05) is 13.6 Å². The number of fused-ring (bicyclic) bond motifs is 3. The topological polar surface area (TPSA) is 57.8 Å². The minimum Gasteiger partial charge on any atom is -0.392 e. The lowest BCUT2D eigenvalue weighted by Crippen LogP contribution is -2.34. The predicted octanol–water partition coefficient (Wildman–Crippen LogP) is 3.30. The second kappa shape index (κ2) is 5.82. The first kappa shape index (κ1) is 16.9. The summed E-state index contributed by atoms with van der Waals surface area (Å²) in [7, 11) is 1.76. The molecule has 128 valence electrons. The van der Waals surface area contributed by atoms with Gasteiger partial charge >= 0.3 is 0 Å². The largest absolute Gasteiger partial charge is 0.392 e. The van der Waals surface area contributed by atoms with Crippen LogP contribution in [-0.2, 0) is 6.61 Å². The van der Waals surface area contributed by atoms with Crippen molar-refractivity contribution in [3.63, 3.8) is 0 Å². The molecular formula is C17H20FN3O2S. The van der Waals surface area contributed by atoms with Crippen LogP contribution in [0.1, 0.15) is 36.0 Å². The van der Waals surface area contributed by atoms with Crippen molar-refractivity contribution in [2.24, 2.45) is 5.41 Å². The van der Waals surface area contributed by atoms with Gasteiger partial charge in [-0.15, -0.1) is 0 Å². The van der Waals surface area contributed by atoms with Crippen LogP contribution in [0.25, 0.3) is 16.0 Å². The summed E-state index contributed by atoms with van der Waals surface area (Å²) < 4.78 is 16.1. The van der Waals surface area contributed by atoms with E-state index in [2.05, 4.69) is 25.8 Å². The van der Waals surface area contributed by atoms with Crippen molar-refractivity contribution in [1.82, 2.24) is 14.3 Å². The molecule has 3 aromatic rings. The van der Waals surface area contributed by atoms with Crippen LogP contribution in [0.5, 0.6) is 0 Å². The number of amides is 1. The molecule has 1 aromatic carbocycles. The maximum atomic E-state index is 14.5. The summed E-state index contributed by atoms with van der Waals surface area (Å²) in [5.74, 6) is -0.602. The van der Waals surface area contributed by atoms with Crippen molar-refractivity contribution in [3.05, 3.63) is 34.6 Å². The number of benzene rings is 1. The molecule has 2 aromatic heterocycles. The fourth-order valence-electron chi connectivity index (χ4n) is 2.79. The molecule has 7 heteroatoms. The van der Waals surface area contributed by atoms with Crippen LogP contribution in [0, 0.1) is 11.2 Å². The fraction of sp³-hybridized carbons (Fsp3) is 0.412. The Bertz CT molecular complexity index is 923. The number of carbonyl (C=O) groups excluding carboxylic acids is 1. The van der Waals surface area contributed by atoms with Crippen LogP contribution < -0.4 is 0 Å². The summed E-state index contributed by atoms with van der Waals surface area (Å²) in [6.07, 6.45) is 1.63. The zero-order valence-corrected chi connectivity index (χ0v) is 14.9. The van der Waals surface area contributed by atoms with Gasteiger partial charge in [0.05, 0.1) is 12.1 Å². The summed E-state index contributed by atoms with van der Waals surface area (Å²) in [6.45, 7) is 6.45. The first-order chi connectivity index (χ1) is 11.2. The highest BCUT2D eigenvalue weighted by atomic mass is 32.1. The number of aliphatic hydroxyl groups is 1. The lowest BCUT2D eigenvalue weighted by molar-refractivity contribution is 0.0750. The Kier molecular flexibility index (Phi) is 4.09. The second-order valence-electron chi connectivity index (χ2n) is 7.15. The summed E-state index contributed by atoms with van der Waals surface area (Å²) in [5, 5.41) is 9.23. The molecule has 5 nitrogen and oxygen atoms in total. The van der Waals surface area contributed by atoms with Gasteiger partial charge in [-0.05, 0) is 11.5 Å². The zero-order valence-electron chi connectivity index (χ0n) is 14.1. The lowest BCUT2D eigenvalue weighted by atomic mass is 9.96. The van der Waals surface area contributed by atoms with Gasteiger partial charge in [-0.3, -0.25) is 9.20 Å². The molecule has 3 rings (SSSR count). The van der Waals surface area contributed by atoms with Gasteiger partial charge in [-0.25, -0.2) is 9.37 Å². The molecule has 0 spiro atoms. The number of hydrogen-bond donors (Lipinski definition) is 1. The SMILES string of the molecule is CN(CC(C)(C)C)C(=O)c1cn2c(nc3ccc(CO)c(F)c32)s1. The maximum absolute atomic E-state index is 14.5. The lowest BCUT2D eigenvalue weighted by Gasteiger charge is -2.26. The van der Waals surface area contributed by atoms with E-state index in [1.54, 1.807) is 28.6 Å². The van der Waals surface area contributed by atoms with Crippen molar-refractivity contribution >= 4 is 33.2 Å². The van der Waals surface area contributed by atoms with Gasteiger partial charge in [0, 0.05) is 25.4 Å². The van der Waals surface area contributed by atoms with Crippen LogP contribution in [0.15, 0.2) is 18.3 Å². The van der Waals surface area contributed by atoms with Crippen molar-refractivity contribution in [2.45, 2.75) is 27.4 Å². The highest BCUT2D eigenvalue weighted by molar-refractivity contribution is 7.18. The quantitative estimate of drug-likeness (QED) is 0.789. The van der Waals surface area contributed by atoms with E-state index < -0.39 is 5.82 Å². The van der Waals surface area contributed by atoms with E-state index in [1.165, 1.54) is 17.4 Å². The number of thiazole rings is 1. The first-order valence-corrected chi connectivity index (χ1v) is 8.48. The third kappa shape index (κ3) is 2.89. The molecule has 0 unspecified atom stereocenters. The van der Waals surface area contributed by atoms with E-state index in [0.717, 1.165) is 0 Å². The Balaban J connectivity index is 2.04. The molecule has 1 N–H and O–H groups in total. The number of aromatic nitrogens is 2. The minimum absolute atomic E-state index is 0.00332. The molecule has 1 amide bonds. The minimum atomic E-state index is -0.498. The number of carbonyl (C=O) groups is 1. The van der Waals surface area contributed by atoms with Gasteiger partial charge in [0.2, 0.25) is 0 Å². The smallest absolute Gasteiger partial charge is 0.265 e. The number of halogens is 1. The van der Waals surface area contributed by atoms with Gasteiger partial charge in [0.1, 0.15) is 10.4 Å². The summed E-state index contributed by atoms with van der Waals surface area (Å²) in [6, 6.07) is 3.20. The molecule has 2 heterocycles. The molecule has 0 radical (unpaired) electrons. The molecule has 0 fully saturated rings. The molecule has 0 aliphatic carbocycles. The molecule has 0 atom stereocenters. The van der Waals surface area contributed by atoms with Gasteiger partial charge in [0.15, 0.2) is 10.8 Å². The summed E-state index contributed by atoms with van der Waals surface area (Å²) in [5.41, 5.74) is 1.02. The normalized spacial score (nSPS) is 12.2. The summed E-state index contributed by atoms with van der Waals surface area (Å²) >= 11 is 1.24. The van der Waals surface area contributed by atoms with E-state index in [4.69, 9.17) is 0 Å². The van der Waals surface area contributed by atoms with Crippen LogP contribution in [0.2, 0.25) is 0 Å². The molecule has 0 saturated carbocycles. The Morgan fingerprint density at radius 3 is 2.75 bits per heavy atom. The average Bonchev–Trinajstić information content (AvgIpc) is 3.02. The maximum Gasteiger partial charge on any atom is 0.265 e. The Hall–Kier alpha value is -1.99. The number of rotatable bonds is 3. The van der Waals surface area contributed by atoms with Gasteiger partial charge < -0.3 is 10.0 Å². The summed E-state index contributed by atoms with van der Waals surface area (Å²) in [4.78, 5) is 19.7. The average molecular weight is 349 g/mol. The van der Waals surface area contributed by atoms with E-state index >= 15 is 0 Å². The monoisotopic (exact) mass is 349 g/mol. The van der Waals surface area contributed by atoms with E-state index in [-0.39, 0.29) is 23.5 Å². The van der Waals surface area contributed by atoms with Crippen LogP contribution in [0.4, 0.5) is 4.39 Å². The molecule has 0 bridgehead atoms. The van der Waals surface area contributed by atoms with Crippen LogP contribution in [0.3, 0.4) is 0 Å². The van der Waals surface area contributed by atoms with Gasteiger partial charge in [-0.1, -0.05) is 38.2 Å². The Labute approximate surface area is 143 Å². The molecule has 0 saturated heterocycles. The third-order valence-corrected chi connectivity index (χ3v) is 4.70. The number of imidazole rings is 1. The fourth-order valence-corrected chi connectivity index (χ4v) is 3.78. The van der Waals surface area contributed by atoms with Crippen LogP contribution >= 0.6 is 11.3 Å². The Morgan fingerprint density at radius 1 is 1.42 bits per heavy atom. The number of hydrogen-bond acceptors (Lipinski definition) is 4. The third-order valence-electron chi connectivity index (χ3n) is 3.72. The van der Waals surface area contributed by atoms with Crippen molar-refractivity contribution in [1.29, 1.82) is 0 Å². The number of aliphatic hydroxyl groups excluding tert-OH is 1. The first-order valence-electron chi connectivity index (χ1n) is 7.66. The molecule has 0 aliphatic heterocycles. The molecule has 24 heavy (non-hydrogen) atoms. The van der Waals surface area contributed by atoms with E-state index in [1.807, 2.05) is 0 Å². The molecular weight excluding hydrogens is 329 g/mol. The predicted molar refractivity (Wildman–Crippen MR) is 92.9 cm³/mol. The Morgan fingerprint density at radius 2 is 2.12 bits per heavy atom. The highest BCUT2D eigenvalue weighted by Crippen LogP contribution is 2.28. The number of nitrogens with zero attached hydrogens (tertiary/aromatic N) is 3. The van der Waals surface area contributed by atoms with E-state index in [9.17, 15) is 14.3 Å². The van der Waals surface area contributed by atoms with Crippen molar-refractivity contribution in [3.8, 4) is 0 Å². The highest BCUT2D eigenvalue weighted by Gasteiger charge is 2.22. The van der Waals surface area contributed by atoms with Gasteiger partial charge in [0.25, 0.3) is 5.91 Å². The van der Waals surface area contributed by atoms with Gasteiger partial charge in [-0.2, -0.15) is 0 Å². The standard InChI is InChI=1S/C17H20FN3O2S/c1-17(2,3)9-20(4)15(23)12-7-21-14-11(19-16(21)24-12)6-5-10(8-22)13(14)18/h5-7,22H,8-9H2,1-4H3. The van der Waals surface area contributed by atoms with E-state index in [0.29, 0.717) is 27.4 Å². The van der Waals surface area contributed by atoms with Crippen molar-refractivity contribution < 1.29 is 14.3 Å².